The Kier molecular flexibility index (Phi) is 6.82. The molecule has 3 rings (SSSR count). The highest BCUT2D eigenvalue weighted by Crippen LogP contribution is 2.18. The molecule has 1 heterocycles. The van der Waals surface area contributed by atoms with Crippen LogP contribution in [0.4, 0.5) is 0 Å². The van der Waals surface area contributed by atoms with Crippen molar-refractivity contribution in [1.82, 2.24) is 9.88 Å². The number of aromatic nitrogens is 1. The van der Waals surface area contributed by atoms with Crippen LogP contribution in [0, 0.1) is 6.92 Å². The number of ether oxygens (including phenoxy) is 1. The van der Waals surface area contributed by atoms with Crippen LogP contribution in [0.1, 0.15) is 35.7 Å². The summed E-state index contributed by atoms with van der Waals surface area (Å²) in [4.78, 5) is 19.3. The maximum atomic E-state index is 12.8. The number of aryl methyl sites for hydroxylation is 1. The van der Waals surface area contributed by atoms with Crippen LogP contribution in [-0.4, -0.2) is 21.8 Å². The van der Waals surface area contributed by atoms with Gasteiger partial charge in [0, 0.05) is 11.4 Å². The van der Waals surface area contributed by atoms with Crippen LogP contribution in [-0.2, 0) is 24.4 Å². The first kappa shape index (κ1) is 20.1. The SMILES string of the molecule is Cc1ccc(OCc2nc(CN(C(=O)Cc3ccccc3)C(C)C)cs2)cc1. The molecule has 0 atom stereocenters. The molecule has 4 nitrogen and oxygen atoms in total. The number of carbonyl (C=O) groups excluding carboxylic acids is 1. The molecule has 0 spiro atoms. The molecule has 146 valence electrons. The van der Waals surface area contributed by atoms with E-state index in [1.165, 1.54) is 5.56 Å². The number of hydrogen-bond acceptors (Lipinski definition) is 4. The Bertz CT molecular complexity index is 888. The van der Waals surface area contributed by atoms with Crippen molar-refractivity contribution in [3.63, 3.8) is 0 Å². The molecule has 0 unspecified atom stereocenters. The lowest BCUT2D eigenvalue weighted by Crippen LogP contribution is -2.37. The van der Waals surface area contributed by atoms with Gasteiger partial charge in [-0.05, 0) is 38.5 Å². The lowest BCUT2D eigenvalue weighted by molar-refractivity contribution is -0.132. The standard InChI is InChI=1S/C23H26N2O2S/c1-17(2)25(23(26)13-19-7-5-4-6-8-19)14-20-16-28-22(24-20)15-27-21-11-9-18(3)10-12-21/h4-12,16-17H,13-15H2,1-3H3. The number of amides is 1. The first-order chi connectivity index (χ1) is 13.5. The van der Waals surface area contributed by atoms with E-state index in [4.69, 9.17) is 4.74 Å². The van der Waals surface area contributed by atoms with Gasteiger partial charge in [-0.15, -0.1) is 11.3 Å². The van der Waals surface area contributed by atoms with Crippen molar-refractivity contribution in [2.45, 2.75) is 46.4 Å². The van der Waals surface area contributed by atoms with Gasteiger partial charge in [0.25, 0.3) is 0 Å². The highest BCUT2D eigenvalue weighted by molar-refractivity contribution is 7.09. The minimum Gasteiger partial charge on any atom is -0.486 e. The summed E-state index contributed by atoms with van der Waals surface area (Å²) >= 11 is 1.57. The number of rotatable bonds is 8. The molecule has 5 heteroatoms. The Morgan fingerprint density at radius 2 is 1.82 bits per heavy atom. The van der Waals surface area contributed by atoms with E-state index in [1.807, 2.05) is 78.7 Å². The van der Waals surface area contributed by atoms with E-state index in [0.29, 0.717) is 19.6 Å². The monoisotopic (exact) mass is 394 g/mol. The molecule has 1 amide bonds. The van der Waals surface area contributed by atoms with Crippen molar-refractivity contribution in [3.05, 3.63) is 81.8 Å². The minimum absolute atomic E-state index is 0.116. The number of carbonyl (C=O) groups is 1. The number of thiazole rings is 1. The highest BCUT2D eigenvalue weighted by atomic mass is 32.1. The molecule has 0 aliphatic rings. The van der Waals surface area contributed by atoms with E-state index in [2.05, 4.69) is 11.9 Å². The van der Waals surface area contributed by atoms with Gasteiger partial charge in [0.15, 0.2) is 0 Å². The molecule has 0 saturated heterocycles. The molecule has 3 aromatic rings. The minimum atomic E-state index is 0.116. The molecular weight excluding hydrogens is 368 g/mol. The summed E-state index contributed by atoms with van der Waals surface area (Å²) in [5.41, 5.74) is 3.14. The van der Waals surface area contributed by atoms with Crippen LogP contribution in [0.3, 0.4) is 0 Å². The lowest BCUT2D eigenvalue weighted by atomic mass is 10.1. The van der Waals surface area contributed by atoms with Crippen molar-refractivity contribution >= 4 is 17.2 Å². The van der Waals surface area contributed by atoms with Crippen LogP contribution in [0.2, 0.25) is 0 Å². The second kappa shape index (κ2) is 9.51. The Morgan fingerprint density at radius 3 is 2.50 bits per heavy atom. The summed E-state index contributed by atoms with van der Waals surface area (Å²) in [7, 11) is 0. The van der Waals surface area contributed by atoms with E-state index < -0.39 is 0 Å². The third-order valence-electron chi connectivity index (χ3n) is 4.46. The van der Waals surface area contributed by atoms with E-state index in [0.717, 1.165) is 22.0 Å². The zero-order valence-electron chi connectivity index (χ0n) is 16.6. The third kappa shape index (κ3) is 5.67. The maximum absolute atomic E-state index is 12.8. The van der Waals surface area contributed by atoms with Crippen LogP contribution >= 0.6 is 11.3 Å². The van der Waals surface area contributed by atoms with Gasteiger partial charge in [0.2, 0.25) is 5.91 Å². The molecule has 0 aliphatic carbocycles. The van der Waals surface area contributed by atoms with Crippen LogP contribution in [0.15, 0.2) is 60.0 Å². The van der Waals surface area contributed by atoms with Gasteiger partial charge in [-0.2, -0.15) is 0 Å². The fourth-order valence-corrected chi connectivity index (χ4v) is 3.57. The van der Waals surface area contributed by atoms with Crippen molar-refractivity contribution in [3.8, 4) is 5.75 Å². The topological polar surface area (TPSA) is 42.4 Å². The first-order valence-electron chi connectivity index (χ1n) is 9.47. The fraction of sp³-hybridized carbons (Fsp3) is 0.304. The molecule has 0 N–H and O–H groups in total. The van der Waals surface area contributed by atoms with E-state index in [9.17, 15) is 4.79 Å². The average Bonchev–Trinajstić information content (AvgIpc) is 3.14. The third-order valence-corrected chi connectivity index (χ3v) is 5.33. The predicted octanol–water partition coefficient (Wildman–Crippen LogP) is 5.01. The zero-order valence-corrected chi connectivity index (χ0v) is 17.4. The lowest BCUT2D eigenvalue weighted by Gasteiger charge is -2.26. The Hall–Kier alpha value is -2.66. The van der Waals surface area contributed by atoms with Crippen molar-refractivity contribution in [1.29, 1.82) is 0 Å². The van der Waals surface area contributed by atoms with E-state index >= 15 is 0 Å². The number of nitrogens with zero attached hydrogens (tertiary/aromatic N) is 2. The summed E-state index contributed by atoms with van der Waals surface area (Å²) < 4.78 is 5.81. The largest absolute Gasteiger partial charge is 0.486 e. The Labute approximate surface area is 170 Å². The first-order valence-corrected chi connectivity index (χ1v) is 10.4. The molecule has 0 saturated carbocycles. The summed E-state index contributed by atoms with van der Waals surface area (Å²) in [5.74, 6) is 0.954. The van der Waals surface area contributed by atoms with Gasteiger partial charge in [-0.1, -0.05) is 48.0 Å². The van der Waals surface area contributed by atoms with Crippen LogP contribution in [0.5, 0.6) is 5.75 Å². The molecule has 0 aliphatic heterocycles. The second-order valence-corrected chi connectivity index (χ2v) is 8.05. The second-order valence-electron chi connectivity index (χ2n) is 7.11. The normalized spacial score (nSPS) is 10.9. The quantitative estimate of drug-likeness (QED) is 0.539. The molecular formula is C23H26N2O2S. The van der Waals surface area contributed by atoms with Gasteiger partial charge < -0.3 is 9.64 Å². The smallest absolute Gasteiger partial charge is 0.227 e. The molecule has 1 aromatic heterocycles. The van der Waals surface area contributed by atoms with Crippen molar-refractivity contribution in [2.75, 3.05) is 0 Å². The van der Waals surface area contributed by atoms with Gasteiger partial charge in [-0.25, -0.2) is 4.98 Å². The van der Waals surface area contributed by atoms with E-state index in [1.54, 1.807) is 11.3 Å². The van der Waals surface area contributed by atoms with Gasteiger partial charge in [0.1, 0.15) is 17.4 Å². The summed E-state index contributed by atoms with van der Waals surface area (Å²) in [6.07, 6.45) is 0.409. The summed E-state index contributed by atoms with van der Waals surface area (Å²) in [6, 6.07) is 18.0. The summed E-state index contributed by atoms with van der Waals surface area (Å²) in [6.45, 7) is 7.08. The molecule has 0 bridgehead atoms. The van der Waals surface area contributed by atoms with Gasteiger partial charge in [0.05, 0.1) is 18.7 Å². The Balaban J connectivity index is 1.59. The molecule has 2 aromatic carbocycles. The number of benzene rings is 2. The maximum Gasteiger partial charge on any atom is 0.227 e. The van der Waals surface area contributed by atoms with Crippen LogP contribution < -0.4 is 4.74 Å². The van der Waals surface area contributed by atoms with Gasteiger partial charge in [-0.3, -0.25) is 4.79 Å². The van der Waals surface area contributed by atoms with Crippen molar-refractivity contribution < 1.29 is 9.53 Å². The van der Waals surface area contributed by atoms with E-state index in [-0.39, 0.29) is 11.9 Å². The zero-order chi connectivity index (χ0) is 19.9. The molecule has 28 heavy (non-hydrogen) atoms. The highest BCUT2D eigenvalue weighted by Gasteiger charge is 2.19. The van der Waals surface area contributed by atoms with Crippen LogP contribution in [0.25, 0.3) is 0 Å². The number of hydrogen-bond donors (Lipinski definition) is 0. The Morgan fingerprint density at radius 1 is 1.11 bits per heavy atom. The predicted molar refractivity (Wildman–Crippen MR) is 113 cm³/mol. The van der Waals surface area contributed by atoms with Crippen molar-refractivity contribution in [2.24, 2.45) is 0 Å². The molecule has 0 fully saturated rings. The average molecular weight is 395 g/mol. The fourth-order valence-electron chi connectivity index (χ4n) is 2.87. The molecule has 0 radical (unpaired) electrons. The van der Waals surface area contributed by atoms with Gasteiger partial charge >= 0.3 is 0 Å². The summed E-state index contributed by atoms with van der Waals surface area (Å²) in [5, 5.41) is 2.92.